The van der Waals surface area contributed by atoms with Crippen LogP contribution < -0.4 is 10.0 Å². The molecular formula is C18H12Cl2N4O3S2. The summed E-state index contributed by atoms with van der Waals surface area (Å²) in [6, 6.07) is 12.2. The van der Waals surface area contributed by atoms with Gasteiger partial charge in [0.25, 0.3) is 15.9 Å². The Hall–Kier alpha value is -2.59. The number of nitrogens with zero attached hydrogens (tertiary/aromatic N) is 2. The lowest BCUT2D eigenvalue weighted by Gasteiger charge is -2.10. The van der Waals surface area contributed by atoms with E-state index in [0.717, 1.165) is 0 Å². The molecule has 2 aromatic carbocycles. The Morgan fingerprint density at radius 1 is 1.07 bits per heavy atom. The minimum Gasteiger partial charge on any atom is -0.321 e. The number of sulfonamides is 1. The van der Waals surface area contributed by atoms with Crippen molar-refractivity contribution >= 4 is 66.8 Å². The zero-order valence-electron chi connectivity index (χ0n) is 14.5. The lowest BCUT2D eigenvalue weighted by molar-refractivity contribution is 0.102. The van der Waals surface area contributed by atoms with Gasteiger partial charge < -0.3 is 5.32 Å². The van der Waals surface area contributed by atoms with Crippen LogP contribution in [0.4, 0.5) is 11.4 Å². The smallest absolute Gasteiger partial charge is 0.275 e. The summed E-state index contributed by atoms with van der Waals surface area (Å²) >= 11 is 13.2. The summed E-state index contributed by atoms with van der Waals surface area (Å²) in [6.07, 6.45) is 1.69. The number of carbonyl (C=O) groups is 1. The number of anilines is 2. The Kier molecular flexibility index (Phi) is 5.22. The summed E-state index contributed by atoms with van der Waals surface area (Å²) in [5, 5.41) is 5.01. The molecule has 2 heterocycles. The van der Waals surface area contributed by atoms with Crippen molar-refractivity contribution in [2.24, 2.45) is 0 Å². The van der Waals surface area contributed by atoms with E-state index in [2.05, 4.69) is 15.0 Å². The fourth-order valence-corrected chi connectivity index (χ4v) is 4.88. The molecular weight excluding hydrogens is 455 g/mol. The van der Waals surface area contributed by atoms with Crippen LogP contribution in [0.5, 0.6) is 0 Å². The quantitative estimate of drug-likeness (QED) is 0.443. The molecule has 0 radical (unpaired) electrons. The summed E-state index contributed by atoms with van der Waals surface area (Å²) in [5.41, 5.74) is 0.848. The van der Waals surface area contributed by atoms with Crippen LogP contribution in [0.3, 0.4) is 0 Å². The van der Waals surface area contributed by atoms with Crippen LogP contribution in [0.2, 0.25) is 10.2 Å². The van der Waals surface area contributed by atoms with E-state index in [-0.39, 0.29) is 15.7 Å². The van der Waals surface area contributed by atoms with Crippen LogP contribution in [-0.4, -0.2) is 23.7 Å². The molecule has 0 spiro atoms. The number of thiazole rings is 1. The third-order valence-corrected chi connectivity index (χ3v) is 6.58. The highest BCUT2D eigenvalue weighted by molar-refractivity contribution is 7.92. The number of aromatic nitrogens is 2. The number of imidazole rings is 1. The van der Waals surface area contributed by atoms with Gasteiger partial charge in [-0.2, -0.15) is 0 Å². The van der Waals surface area contributed by atoms with Gasteiger partial charge in [-0.05, 0) is 42.5 Å². The number of benzene rings is 2. The zero-order valence-corrected chi connectivity index (χ0v) is 17.6. The largest absolute Gasteiger partial charge is 0.321 e. The predicted molar refractivity (Wildman–Crippen MR) is 115 cm³/mol. The first kappa shape index (κ1) is 19.7. The number of carbonyl (C=O) groups excluding carboxylic acids is 1. The normalized spacial score (nSPS) is 11.5. The molecule has 11 heteroatoms. The van der Waals surface area contributed by atoms with E-state index >= 15 is 0 Å². The molecule has 0 aliphatic carbocycles. The summed E-state index contributed by atoms with van der Waals surface area (Å²) in [4.78, 5) is 17.4. The molecule has 2 aromatic heterocycles. The fourth-order valence-electron chi connectivity index (χ4n) is 2.63. The molecule has 4 rings (SSSR count). The molecule has 0 aliphatic rings. The second kappa shape index (κ2) is 7.68. The van der Waals surface area contributed by atoms with Gasteiger partial charge in [0.2, 0.25) is 0 Å². The second-order valence-electron chi connectivity index (χ2n) is 5.90. The predicted octanol–water partition coefficient (Wildman–Crippen LogP) is 4.76. The molecule has 7 nitrogen and oxygen atoms in total. The number of nitrogens with one attached hydrogen (secondary N) is 2. The Labute approximate surface area is 180 Å². The Morgan fingerprint density at radius 2 is 1.83 bits per heavy atom. The van der Waals surface area contributed by atoms with Gasteiger partial charge >= 0.3 is 0 Å². The molecule has 0 unspecified atom stereocenters. The Bertz CT molecular complexity index is 1310. The van der Waals surface area contributed by atoms with Gasteiger partial charge in [0.15, 0.2) is 15.8 Å². The van der Waals surface area contributed by atoms with Crippen molar-refractivity contribution in [3.63, 3.8) is 0 Å². The minimum absolute atomic E-state index is 0.00897. The molecule has 0 bridgehead atoms. The highest BCUT2D eigenvalue weighted by Crippen LogP contribution is 2.24. The highest BCUT2D eigenvalue weighted by Gasteiger charge is 2.20. The minimum atomic E-state index is -3.86. The van der Waals surface area contributed by atoms with E-state index in [1.54, 1.807) is 46.3 Å². The van der Waals surface area contributed by atoms with Gasteiger partial charge in [0.1, 0.15) is 0 Å². The molecule has 1 amide bonds. The maximum absolute atomic E-state index is 12.7. The first-order valence-electron chi connectivity index (χ1n) is 8.14. The second-order valence-corrected chi connectivity index (χ2v) is 9.25. The topological polar surface area (TPSA) is 92.6 Å². The molecule has 29 heavy (non-hydrogen) atoms. The molecule has 0 fully saturated rings. The van der Waals surface area contributed by atoms with E-state index in [9.17, 15) is 13.2 Å². The van der Waals surface area contributed by atoms with Crippen molar-refractivity contribution in [3.8, 4) is 0 Å². The van der Waals surface area contributed by atoms with Crippen molar-refractivity contribution in [1.29, 1.82) is 0 Å². The monoisotopic (exact) mass is 466 g/mol. The average Bonchev–Trinajstić information content (AvgIpc) is 3.23. The number of rotatable bonds is 5. The molecule has 0 aliphatic heterocycles. The number of amides is 1. The molecule has 4 aromatic rings. The maximum Gasteiger partial charge on any atom is 0.275 e. The van der Waals surface area contributed by atoms with Crippen molar-refractivity contribution in [1.82, 2.24) is 9.38 Å². The lowest BCUT2D eigenvalue weighted by Crippen LogP contribution is -2.16. The van der Waals surface area contributed by atoms with Gasteiger partial charge in [0.05, 0.1) is 4.90 Å². The van der Waals surface area contributed by atoms with Crippen molar-refractivity contribution in [2.45, 2.75) is 4.90 Å². The van der Waals surface area contributed by atoms with Crippen LogP contribution in [0.25, 0.3) is 4.96 Å². The van der Waals surface area contributed by atoms with Crippen molar-refractivity contribution in [2.75, 3.05) is 10.0 Å². The molecule has 0 saturated heterocycles. The van der Waals surface area contributed by atoms with Crippen LogP contribution >= 0.6 is 34.5 Å². The summed E-state index contributed by atoms with van der Waals surface area (Å²) in [6.45, 7) is 0. The van der Waals surface area contributed by atoms with Crippen molar-refractivity contribution < 1.29 is 13.2 Å². The third kappa shape index (κ3) is 4.08. The van der Waals surface area contributed by atoms with Crippen LogP contribution in [-0.2, 0) is 10.0 Å². The van der Waals surface area contributed by atoms with E-state index in [4.69, 9.17) is 23.2 Å². The standard InChI is InChI=1S/C18H12Cl2N4O3S2/c19-11-4-6-12(7-5-11)23-29(26,27)14-3-1-2-13(10-14)21-17(25)15-16(20)22-18-24(15)8-9-28-18/h1-10,23H,(H,21,25). The molecule has 2 N–H and O–H groups in total. The first-order valence-corrected chi connectivity index (χ1v) is 11.3. The van der Waals surface area contributed by atoms with Gasteiger partial charge in [0, 0.05) is 28.0 Å². The van der Waals surface area contributed by atoms with Gasteiger partial charge in [-0.3, -0.25) is 13.9 Å². The van der Waals surface area contributed by atoms with Crippen LogP contribution in [0, 0.1) is 0 Å². The Balaban J connectivity index is 1.58. The number of halogens is 2. The summed E-state index contributed by atoms with van der Waals surface area (Å²) in [5.74, 6) is -0.499. The van der Waals surface area contributed by atoms with E-state index in [1.807, 2.05) is 0 Å². The Morgan fingerprint density at radius 3 is 2.59 bits per heavy atom. The van der Waals surface area contributed by atoms with E-state index in [1.165, 1.54) is 29.5 Å². The van der Waals surface area contributed by atoms with E-state index in [0.29, 0.717) is 21.4 Å². The van der Waals surface area contributed by atoms with Gasteiger partial charge in [-0.1, -0.05) is 29.3 Å². The first-order chi connectivity index (χ1) is 13.8. The maximum atomic E-state index is 12.7. The molecule has 0 atom stereocenters. The summed E-state index contributed by atoms with van der Waals surface area (Å²) < 4.78 is 29.4. The van der Waals surface area contributed by atoms with E-state index < -0.39 is 15.9 Å². The fraction of sp³-hybridized carbons (Fsp3) is 0. The number of fused-ring (bicyclic) bond motifs is 1. The van der Waals surface area contributed by atoms with Gasteiger partial charge in [-0.25, -0.2) is 13.4 Å². The number of hydrogen-bond acceptors (Lipinski definition) is 5. The summed E-state index contributed by atoms with van der Waals surface area (Å²) in [7, 11) is -3.86. The molecule has 0 saturated carbocycles. The van der Waals surface area contributed by atoms with Crippen LogP contribution in [0.1, 0.15) is 10.5 Å². The lowest BCUT2D eigenvalue weighted by atomic mass is 10.3. The average molecular weight is 467 g/mol. The highest BCUT2D eigenvalue weighted by atomic mass is 35.5. The zero-order chi connectivity index (χ0) is 20.6. The SMILES string of the molecule is O=C(Nc1cccc(S(=O)(=O)Nc2ccc(Cl)cc2)c1)c1c(Cl)nc2sccn12. The number of hydrogen-bond donors (Lipinski definition) is 2. The van der Waals surface area contributed by atoms with Crippen LogP contribution in [0.15, 0.2) is 65.0 Å². The third-order valence-electron chi connectivity index (χ3n) is 3.93. The van der Waals surface area contributed by atoms with Gasteiger partial charge in [-0.15, -0.1) is 11.3 Å². The molecule has 148 valence electrons. The van der Waals surface area contributed by atoms with Crippen molar-refractivity contribution in [3.05, 3.63) is 76.0 Å².